The fraction of sp³-hybridized carbons (Fsp3) is 0.118. The molecule has 5 nitrogen and oxygen atoms in total. The highest BCUT2D eigenvalue weighted by Gasteiger charge is 2.10. The molecule has 0 saturated heterocycles. The van der Waals surface area contributed by atoms with Gasteiger partial charge in [0.25, 0.3) is 5.56 Å². The molecule has 3 rings (SSSR count). The highest BCUT2D eigenvalue weighted by Crippen LogP contribution is 2.21. The molecule has 0 saturated carbocycles. The van der Waals surface area contributed by atoms with Crippen LogP contribution >= 0.6 is 23.4 Å². The number of rotatable bonds is 5. The third-order valence-corrected chi connectivity index (χ3v) is 4.70. The average molecular weight is 377 g/mol. The van der Waals surface area contributed by atoms with Gasteiger partial charge in [0, 0.05) is 28.4 Å². The number of nitrogens with zero attached hydrogens (tertiary/aromatic N) is 3. The van der Waals surface area contributed by atoms with Crippen molar-refractivity contribution in [1.82, 2.24) is 14.8 Å². The van der Waals surface area contributed by atoms with Crippen molar-refractivity contribution in [3.8, 4) is 0 Å². The molecule has 0 unspecified atom stereocenters. The Morgan fingerprint density at radius 2 is 1.80 bits per heavy atom. The number of hydrogen-bond donors (Lipinski definition) is 1. The van der Waals surface area contributed by atoms with Crippen molar-refractivity contribution in [2.75, 3.05) is 5.32 Å². The van der Waals surface area contributed by atoms with Crippen LogP contribution in [0.15, 0.2) is 58.2 Å². The lowest BCUT2D eigenvalue weighted by Gasteiger charge is -2.10. The van der Waals surface area contributed by atoms with Crippen molar-refractivity contribution >= 4 is 35.0 Å². The lowest BCUT2D eigenvalue weighted by molar-refractivity contribution is 0.626. The van der Waals surface area contributed by atoms with E-state index >= 15 is 0 Å². The van der Waals surface area contributed by atoms with E-state index < -0.39 is 0 Å². The summed E-state index contributed by atoms with van der Waals surface area (Å²) in [6, 6.07) is 13.1. The van der Waals surface area contributed by atoms with Crippen molar-refractivity contribution in [2.45, 2.75) is 10.6 Å². The summed E-state index contributed by atoms with van der Waals surface area (Å²) in [5.74, 6) is 0.396. The van der Waals surface area contributed by atoms with Gasteiger partial charge in [-0.3, -0.25) is 9.36 Å². The largest absolute Gasteiger partial charge is 0.324 e. The van der Waals surface area contributed by atoms with E-state index in [1.165, 1.54) is 28.5 Å². The van der Waals surface area contributed by atoms with Crippen LogP contribution in [0.25, 0.3) is 0 Å². The predicted molar refractivity (Wildman–Crippen MR) is 98.0 cm³/mol. The number of hydrogen-bond acceptors (Lipinski definition) is 5. The van der Waals surface area contributed by atoms with E-state index in [2.05, 4.69) is 15.5 Å². The van der Waals surface area contributed by atoms with E-state index in [9.17, 15) is 9.18 Å². The Bertz CT molecular complexity index is 929. The molecule has 2 aromatic carbocycles. The second-order valence-electron chi connectivity index (χ2n) is 5.21. The van der Waals surface area contributed by atoms with E-state index in [1.54, 1.807) is 43.4 Å². The zero-order valence-corrected chi connectivity index (χ0v) is 14.8. The standard InChI is InChI=1S/C17H14ClFN4OS/c1-23-16(24)15(10-25-14-8-4-12(19)5-9-14)21-22-17(23)20-13-6-2-11(18)3-7-13/h2-9H,10H2,1H3,(H,20,22). The summed E-state index contributed by atoms with van der Waals surface area (Å²) in [6.45, 7) is 0. The lowest BCUT2D eigenvalue weighted by atomic mass is 10.3. The molecule has 0 spiro atoms. The van der Waals surface area contributed by atoms with Gasteiger partial charge >= 0.3 is 0 Å². The normalized spacial score (nSPS) is 10.7. The Kier molecular flexibility index (Phi) is 5.35. The summed E-state index contributed by atoms with van der Waals surface area (Å²) < 4.78 is 14.3. The molecular weight excluding hydrogens is 363 g/mol. The second kappa shape index (κ2) is 7.67. The molecule has 1 heterocycles. The zero-order chi connectivity index (χ0) is 17.8. The van der Waals surface area contributed by atoms with Crippen molar-refractivity contribution in [3.63, 3.8) is 0 Å². The molecular formula is C17H14ClFN4OS. The molecule has 128 valence electrons. The van der Waals surface area contributed by atoms with E-state index in [0.29, 0.717) is 22.4 Å². The molecule has 0 aliphatic heterocycles. The number of benzene rings is 2. The Morgan fingerprint density at radius 1 is 1.12 bits per heavy atom. The van der Waals surface area contributed by atoms with Gasteiger partial charge in [0.15, 0.2) is 0 Å². The fourth-order valence-corrected chi connectivity index (χ4v) is 2.99. The van der Waals surface area contributed by atoms with Crippen LogP contribution in [0, 0.1) is 5.82 Å². The first-order valence-corrected chi connectivity index (χ1v) is 8.73. The Labute approximate surface area is 152 Å². The third-order valence-electron chi connectivity index (χ3n) is 3.42. The monoisotopic (exact) mass is 376 g/mol. The Morgan fingerprint density at radius 3 is 2.48 bits per heavy atom. The van der Waals surface area contributed by atoms with Gasteiger partial charge in [0.1, 0.15) is 11.5 Å². The SMILES string of the molecule is Cn1c(Nc2ccc(Cl)cc2)nnc(CSc2ccc(F)cc2)c1=O. The van der Waals surface area contributed by atoms with Crippen LogP contribution in [0.2, 0.25) is 5.02 Å². The zero-order valence-electron chi connectivity index (χ0n) is 13.2. The van der Waals surface area contributed by atoms with Gasteiger partial charge in [-0.2, -0.15) is 0 Å². The molecule has 0 bridgehead atoms. The topological polar surface area (TPSA) is 59.8 Å². The number of anilines is 2. The fourth-order valence-electron chi connectivity index (χ4n) is 2.05. The van der Waals surface area contributed by atoms with Crippen LogP contribution < -0.4 is 10.9 Å². The molecule has 25 heavy (non-hydrogen) atoms. The molecule has 0 fully saturated rings. The molecule has 3 aromatic rings. The molecule has 0 amide bonds. The average Bonchev–Trinajstić information content (AvgIpc) is 2.61. The molecule has 0 aliphatic rings. The summed E-state index contributed by atoms with van der Waals surface area (Å²) >= 11 is 7.25. The van der Waals surface area contributed by atoms with Crippen molar-refractivity contribution in [3.05, 3.63) is 75.4 Å². The molecule has 0 aliphatic carbocycles. The first kappa shape index (κ1) is 17.4. The number of nitrogens with one attached hydrogen (secondary N) is 1. The Hall–Kier alpha value is -2.38. The highest BCUT2D eigenvalue weighted by atomic mass is 35.5. The summed E-state index contributed by atoms with van der Waals surface area (Å²) in [6.07, 6.45) is 0. The van der Waals surface area contributed by atoms with Gasteiger partial charge < -0.3 is 5.32 Å². The van der Waals surface area contributed by atoms with E-state index in [-0.39, 0.29) is 11.4 Å². The van der Waals surface area contributed by atoms with Crippen molar-refractivity contribution in [2.24, 2.45) is 7.05 Å². The van der Waals surface area contributed by atoms with Crippen LogP contribution in [-0.4, -0.2) is 14.8 Å². The molecule has 1 aromatic heterocycles. The first-order chi connectivity index (χ1) is 12.0. The maximum absolute atomic E-state index is 12.9. The molecule has 8 heteroatoms. The smallest absolute Gasteiger partial charge is 0.277 e. The molecule has 0 atom stereocenters. The van der Waals surface area contributed by atoms with Crippen LogP contribution in [0.5, 0.6) is 0 Å². The van der Waals surface area contributed by atoms with Crippen molar-refractivity contribution in [1.29, 1.82) is 0 Å². The summed E-state index contributed by atoms with van der Waals surface area (Å²) in [5.41, 5.74) is 0.849. The minimum Gasteiger partial charge on any atom is -0.324 e. The maximum atomic E-state index is 12.9. The van der Waals surface area contributed by atoms with Crippen LogP contribution in [0.1, 0.15) is 5.69 Å². The third kappa shape index (κ3) is 4.37. The van der Waals surface area contributed by atoms with Crippen molar-refractivity contribution < 1.29 is 4.39 Å². The highest BCUT2D eigenvalue weighted by molar-refractivity contribution is 7.98. The maximum Gasteiger partial charge on any atom is 0.277 e. The van der Waals surface area contributed by atoms with Gasteiger partial charge in [-0.1, -0.05) is 11.6 Å². The minimum atomic E-state index is -0.294. The minimum absolute atomic E-state index is 0.235. The molecule has 0 radical (unpaired) electrons. The van der Waals surface area contributed by atoms with E-state index in [0.717, 1.165) is 10.6 Å². The van der Waals surface area contributed by atoms with E-state index in [4.69, 9.17) is 11.6 Å². The van der Waals surface area contributed by atoms with Gasteiger partial charge in [-0.25, -0.2) is 4.39 Å². The summed E-state index contributed by atoms with van der Waals surface area (Å²) in [5, 5.41) is 11.8. The van der Waals surface area contributed by atoms with Crippen LogP contribution in [0.3, 0.4) is 0 Å². The number of halogens is 2. The second-order valence-corrected chi connectivity index (χ2v) is 6.69. The summed E-state index contributed by atoms with van der Waals surface area (Å²) in [4.78, 5) is 13.3. The van der Waals surface area contributed by atoms with Gasteiger partial charge in [0.2, 0.25) is 5.95 Å². The number of thioether (sulfide) groups is 1. The predicted octanol–water partition coefficient (Wildman–Crippen LogP) is 4.00. The Balaban J connectivity index is 1.74. The first-order valence-electron chi connectivity index (χ1n) is 7.36. The lowest BCUT2D eigenvalue weighted by Crippen LogP contribution is -2.26. The quantitative estimate of drug-likeness (QED) is 0.682. The number of aromatic nitrogens is 3. The van der Waals surface area contributed by atoms with Gasteiger partial charge in [-0.15, -0.1) is 22.0 Å². The van der Waals surface area contributed by atoms with Crippen LogP contribution in [0.4, 0.5) is 16.0 Å². The van der Waals surface area contributed by atoms with Gasteiger partial charge in [0.05, 0.1) is 0 Å². The molecule has 1 N–H and O–H groups in total. The van der Waals surface area contributed by atoms with E-state index in [1.807, 2.05) is 0 Å². The van der Waals surface area contributed by atoms with Crippen LogP contribution in [-0.2, 0) is 12.8 Å². The van der Waals surface area contributed by atoms with Gasteiger partial charge in [-0.05, 0) is 48.5 Å². The summed E-state index contributed by atoms with van der Waals surface area (Å²) in [7, 11) is 1.63.